The van der Waals surface area contributed by atoms with Gasteiger partial charge in [-0.05, 0) is 0 Å². The van der Waals surface area contributed by atoms with Gasteiger partial charge in [0.05, 0.1) is 0 Å². The van der Waals surface area contributed by atoms with Gasteiger partial charge in [-0.1, -0.05) is 0 Å². The van der Waals surface area contributed by atoms with Gasteiger partial charge in [0.2, 0.25) is 0 Å². The van der Waals surface area contributed by atoms with Crippen LogP contribution in [0, 0.1) is 6.92 Å². The third-order valence-corrected chi connectivity index (χ3v) is 10.1. The van der Waals surface area contributed by atoms with Crippen LogP contribution in [0.3, 0.4) is 0 Å². The number of aryl methyl sites for hydroxylation is 1. The number of benzene rings is 3. The Hall–Kier alpha value is -2.79. The van der Waals surface area contributed by atoms with Crippen LogP contribution in [0.15, 0.2) is 63.6 Å². The fraction of sp³-hybridized carbons (Fsp3) is 0.160. The molecule has 0 fully saturated rings. The molecule has 29 heavy (non-hydrogen) atoms. The van der Waals surface area contributed by atoms with E-state index in [1.165, 1.54) is 4.40 Å². The second-order valence-corrected chi connectivity index (χ2v) is 19.7. The molecule has 0 amide bonds. The van der Waals surface area contributed by atoms with Crippen molar-refractivity contribution in [2.24, 2.45) is 0 Å². The molecule has 0 aliphatic heterocycles. The summed E-state index contributed by atoms with van der Waals surface area (Å²) in [6, 6.07) is 17.2. The Balaban J connectivity index is 2.00. The number of rotatable bonds is 1. The van der Waals surface area contributed by atoms with E-state index in [0.29, 0.717) is 0 Å². The normalized spacial score (nSPS) is 12.8. The number of hydrogen-bond donors (Lipinski definition) is 0. The zero-order chi connectivity index (χ0) is 19.9. The maximum atomic E-state index is 6.53. The number of pyridine rings is 1. The molecular formula is C25H21GeNO2. The zero-order valence-electron chi connectivity index (χ0n) is 17.0. The van der Waals surface area contributed by atoms with Crippen LogP contribution in [0.5, 0.6) is 0 Å². The Kier molecular flexibility index (Phi) is 3.32. The van der Waals surface area contributed by atoms with E-state index in [9.17, 15) is 0 Å². The molecule has 4 heteroatoms. The Morgan fingerprint density at radius 1 is 0.793 bits per heavy atom. The second kappa shape index (κ2) is 5.64. The quantitative estimate of drug-likeness (QED) is 0.262. The molecule has 6 rings (SSSR count). The van der Waals surface area contributed by atoms with Gasteiger partial charge < -0.3 is 0 Å². The number of furan rings is 1. The first-order valence-electron chi connectivity index (χ1n) is 9.97. The molecule has 3 heterocycles. The third-order valence-electron chi connectivity index (χ3n) is 5.86. The Bertz CT molecular complexity index is 1600. The number of nitrogens with zero attached hydrogens (tertiary/aromatic N) is 1. The van der Waals surface area contributed by atoms with Crippen molar-refractivity contribution in [1.29, 1.82) is 0 Å². The van der Waals surface area contributed by atoms with Crippen LogP contribution in [-0.4, -0.2) is 18.3 Å². The average molecular weight is 440 g/mol. The topological polar surface area (TPSA) is 39.2 Å². The molecule has 6 aromatic rings. The van der Waals surface area contributed by atoms with Gasteiger partial charge in [-0.3, -0.25) is 0 Å². The van der Waals surface area contributed by atoms with Crippen LogP contribution in [0.2, 0.25) is 17.3 Å². The molecule has 0 unspecified atom stereocenters. The van der Waals surface area contributed by atoms with E-state index in [0.717, 1.165) is 60.3 Å². The van der Waals surface area contributed by atoms with Gasteiger partial charge in [0.25, 0.3) is 0 Å². The molecule has 3 aromatic heterocycles. The van der Waals surface area contributed by atoms with Crippen LogP contribution in [0.25, 0.3) is 54.8 Å². The summed E-state index contributed by atoms with van der Waals surface area (Å²) in [6.07, 6.45) is 1.91. The molecule has 0 spiro atoms. The van der Waals surface area contributed by atoms with Crippen LogP contribution in [0.4, 0.5) is 0 Å². The summed E-state index contributed by atoms with van der Waals surface area (Å²) in [4.78, 5) is 4.78. The number of aromatic nitrogens is 1. The molecule has 0 aliphatic carbocycles. The van der Waals surface area contributed by atoms with Crippen molar-refractivity contribution in [2.75, 3.05) is 0 Å². The first-order valence-corrected chi connectivity index (χ1v) is 17.3. The molecule has 0 atom stereocenters. The van der Waals surface area contributed by atoms with E-state index in [2.05, 4.69) is 72.7 Å². The SMILES string of the molecule is Cc1cnc2c(c1)oc1c[c]([Ge]([CH3])([CH3])[CH3])cc3oc4c5ccccc5cc2c4c13. The molecule has 3 nitrogen and oxygen atoms in total. The molecule has 0 radical (unpaired) electrons. The molecule has 142 valence electrons. The minimum absolute atomic E-state index is 0.817. The summed E-state index contributed by atoms with van der Waals surface area (Å²) in [7, 11) is 0. The van der Waals surface area contributed by atoms with Crippen LogP contribution >= 0.6 is 0 Å². The summed E-state index contributed by atoms with van der Waals surface area (Å²) >= 11 is -2.09. The van der Waals surface area contributed by atoms with E-state index < -0.39 is 13.3 Å². The van der Waals surface area contributed by atoms with E-state index in [1.807, 2.05) is 6.20 Å². The fourth-order valence-electron chi connectivity index (χ4n) is 4.34. The predicted molar refractivity (Wildman–Crippen MR) is 124 cm³/mol. The summed E-state index contributed by atoms with van der Waals surface area (Å²) in [5, 5.41) is 5.53. The Morgan fingerprint density at radius 2 is 1.55 bits per heavy atom. The van der Waals surface area contributed by atoms with E-state index >= 15 is 0 Å². The Morgan fingerprint density at radius 3 is 2.34 bits per heavy atom. The van der Waals surface area contributed by atoms with E-state index in [4.69, 9.17) is 13.8 Å². The molecular weight excluding hydrogens is 419 g/mol. The van der Waals surface area contributed by atoms with Crippen molar-refractivity contribution in [1.82, 2.24) is 4.98 Å². The van der Waals surface area contributed by atoms with Gasteiger partial charge in [0.15, 0.2) is 0 Å². The first-order chi connectivity index (χ1) is 13.9. The molecule has 0 N–H and O–H groups in total. The Labute approximate surface area is 170 Å². The maximum absolute atomic E-state index is 6.53. The van der Waals surface area contributed by atoms with Gasteiger partial charge in [0.1, 0.15) is 0 Å². The third kappa shape index (κ3) is 2.40. The van der Waals surface area contributed by atoms with E-state index in [-0.39, 0.29) is 0 Å². The van der Waals surface area contributed by atoms with E-state index in [1.54, 1.807) is 0 Å². The fourth-order valence-corrected chi connectivity index (χ4v) is 6.70. The van der Waals surface area contributed by atoms with Crippen molar-refractivity contribution in [3.05, 3.63) is 60.3 Å². The molecule has 0 saturated heterocycles. The van der Waals surface area contributed by atoms with Crippen molar-refractivity contribution in [3.63, 3.8) is 0 Å². The van der Waals surface area contributed by atoms with Gasteiger partial charge in [-0.2, -0.15) is 0 Å². The van der Waals surface area contributed by atoms with Crippen molar-refractivity contribution >= 4 is 72.4 Å². The summed E-state index contributed by atoms with van der Waals surface area (Å²) in [5.41, 5.74) is 5.51. The molecule has 0 saturated carbocycles. The molecule has 0 aliphatic rings. The number of hydrogen-bond acceptors (Lipinski definition) is 3. The number of fused-ring (bicyclic) bond motifs is 4. The first kappa shape index (κ1) is 17.1. The zero-order valence-corrected chi connectivity index (χ0v) is 19.1. The molecule has 3 aromatic carbocycles. The molecule has 0 bridgehead atoms. The second-order valence-electron chi connectivity index (χ2n) is 9.01. The predicted octanol–water partition coefficient (Wildman–Crippen LogP) is 6.89. The standard InChI is InChI=1S/C25H21GeNO2/c1-14-9-21-24(27-13-14)18-10-15-7-5-6-8-17(15)25-22(18)23-19(28-21)11-16(26(2,3)4)12-20(23)29-25/h5-13H,1-4H3. The van der Waals surface area contributed by atoms with Crippen LogP contribution < -0.4 is 4.40 Å². The average Bonchev–Trinajstić information content (AvgIpc) is 3.01. The van der Waals surface area contributed by atoms with Gasteiger partial charge in [0, 0.05) is 0 Å². The minimum atomic E-state index is -2.09. The monoisotopic (exact) mass is 441 g/mol. The van der Waals surface area contributed by atoms with Crippen LogP contribution in [-0.2, 0) is 0 Å². The van der Waals surface area contributed by atoms with Gasteiger partial charge in [-0.15, -0.1) is 0 Å². The van der Waals surface area contributed by atoms with Crippen molar-refractivity contribution < 1.29 is 8.83 Å². The summed E-state index contributed by atoms with van der Waals surface area (Å²) in [5.74, 6) is 7.19. The van der Waals surface area contributed by atoms with Gasteiger partial charge in [-0.25, -0.2) is 0 Å². The van der Waals surface area contributed by atoms with Crippen molar-refractivity contribution in [2.45, 2.75) is 24.2 Å². The van der Waals surface area contributed by atoms with Crippen LogP contribution in [0.1, 0.15) is 5.56 Å². The summed E-state index contributed by atoms with van der Waals surface area (Å²) in [6.45, 7) is 2.05. The summed E-state index contributed by atoms with van der Waals surface area (Å²) < 4.78 is 14.4. The van der Waals surface area contributed by atoms with Crippen molar-refractivity contribution in [3.8, 4) is 0 Å². The van der Waals surface area contributed by atoms with Gasteiger partial charge >= 0.3 is 171 Å².